The molecule has 0 spiro atoms. The Kier molecular flexibility index (Phi) is 4.04. The van der Waals surface area contributed by atoms with Gasteiger partial charge in [0, 0.05) is 12.7 Å². The van der Waals surface area contributed by atoms with Gasteiger partial charge in [-0.2, -0.15) is 0 Å². The topological polar surface area (TPSA) is 55.0 Å². The standard InChI is InChI=1S/C13H14N2O2S/c1-9(16)12-7-14-13(15-12)18-8-10-3-5-11(17-2)6-4-10/h3-7H,8H2,1-2H3,(H,14,15). The minimum absolute atomic E-state index is 0.00111. The zero-order valence-corrected chi connectivity index (χ0v) is 11.1. The van der Waals surface area contributed by atoms with Crippen molar-refractivity contribution in [3.63, 3.8) is 0 Å². The van der Waals surface area contributed by atoms with Crippen LogP contribution < -0.4 is 4.74 Å². The van der Waals surface area contributed by atoms with Crippen LogP contribution in [0, 0.1) is 0 Å². The van der Waals surface area contributed by atoms with Gasteiger partial charge < -0.3 is 9.72 Å². The number of imidazole rings is 1. The normalized spacial score (nSPS) is 10.3. The van der Waals surface area contributed by atoms with E-state index < -0.39 is 0 Å². The Morgan fingerprint density at radius 3 is 2.67 bits per heavy atom. The summed E-state index contributed by atoms with van der Waals surface area (Å²) in [5.41, 5.74) is 1.73. The van der Waals surface area contributed by atoms with E-state index in [2.05, 4.69) is 9.97 Å². The fourth-order valence-electron chi connectivity index (χ4n) is 1.43. The van der Waals surface area contributed by atoms with Crippen molar-refractivity contribution >= 4 is 17.5 Å². The first-order valence-corrected chi connectivity index (χ1v) is 6.49. The van der Waals surface area contributed by atoms with E-state index in [4.69, 9.17) is 4.74 Å². The molecule has 1 aromatic carbocycles. The molecule has 2 rings (SSSR count). The van der Waals surface area contributed by atoms with Gasteiger partial charge in [-0.15, -0.1) is 0 Å². The number of rotatable bonds is 5. The lowest BCUT2D eigenvalue weighted by Gasteiger charge is -2.02. The minimum Gasteiger partial charge on any atom is -0.497 e. The number of thioether (sulfide) groups is 1. The molecular formula is C13H14N2O2S. The summed E-state index contributed by atoms with van der Waals surface area (Å²) in [7, 11) is 1.65. The molecule has 4 nitrogen and oxygen atoms in total. The molecule has 0 radical (unpaired) electrons. The highest BCUT2D eigenvalue weighted by Gasteiger charge is 2.05. The molecule has 1 aromatic heterocycles. The molecule has 0 saturated carbocycles. The SMILES string of the molecule is COc1ccc(CSc2ncc(C(C)=O)[nH]2)cc1. The smallest absolute Gasteiger partial charge is 0.177 e. The molecule has 1 heterocycles. The summed E-state index contributed by atoms with van der Waals surface area (Å²) in [5, 5.41) is 0.760. The Morgan fingerprint density at radius 1 is 1.39 bits per heavy atom. The number of carbonyl (C=O) groups is 1. The summed E-state index contributed by atoms with van der Waals surface area (Å²) in [6, 6.07) is 7.89. The van der Waals surface area contributed by atoms with Gasteiger partial charge in [0.25, 0.3) is 0 Å². The predicted molar refractivity (Wildman–Crippen MR) is 71.1 cm³/mol. The largest absolute Gasteiger partial charge is 0.497 e. The molecule has 0 saturated heterocycles. The van der Waals surface area contributed by atoms with Crippen LogP contribution in [0.25, 0.3) is 0 Å². The molecule has 0 unspecified atom stereocenters. The number of ketones is 1. The highest BCUT2D eigenvalue weighted by atomic mass is 32.2. The molecule has 2 aromatic rings. The Labute approximate surface area is 110 Å². The third-order valence-electron chi connectivity index (χ3n) is 2.47. The summed E-state index contributed by atoms with van der Waals surface area (Å²) in [6.07, 6.45) is 1.57. The Morgan fingerprint density at radius 2 is 2.11 bits per heavy atom. The molecule has 0 amide bonds. The number of aromatic amines is 1. The van der Waals surface area contributed by atoms with Gasteiger partial charge in [-0.3, -0.25) is 4.79 Å². The quantitative estimate of drug-likeness (QED) is 0.665. The van der Waals surface area contributed by atoms with E-state index >= 15 is 0 Å². The maximum Gasteiger partial charge on any atom is 0.177 e. The van der Waals surface area contributed by atoms with Crippen molar-refractivity contribution < 1.29 is 9.53 Å². The van der Waals surface area contributed by atoms with Gasteiger partial charge in [0.2, 0.25) is 0 Å². The second kappa shape index (κ2) is 5.73. The Bertz CT molecular complexity index is 534. The number of nitrogens with zero attached hydrogens (tertiary/aromatic N) is 1. The Hall–Kier alpha value is -1.75. The third kappa shape index (κ3) is 3.13. The van der Waals surface area contributed by atoms with E-state index in [0.717, 1.165) is 16.7 Å². The van der Waals surface area contributed by atoms with Gasteiger partial charge in [0.15, 0.2) is 10.9 Å². The molecule has 0 aliphatic rings. The molecule has 18 heavy (non-hydrogen) atoms. The van der Waals surface area contributed by atoms with Crippen molar-refractivity contribution in [2.75, 3.05) is 7.11 Å². The van der Waals surface area contributed by atoms with Gasteiger partial charge in [-0.25, -0.2) is 4.98 Å². The van der Waals surface area contributed by atoms with E-state index in [-0.39, 0.29) is 5.78 Å². The van der Waals surface area contributed by atoms with E-state index in [1.807, 2.05) is 24.3 Å². The van der Waals surface area contributed by atoms with E-state index in [9.17, 15) is 4.79 Å². The molecule has 0 aliphatic carbocycles. The molecule has 0 fully saturated rings. The number of ether oxygens (including phenoxy) is 1. The van der Waals surface area contributed by atoms with Crippen LogP contribution >= 0.6 is 11.8 Å². The number of benzene rings is 1. The van der Waals surface area contributed by atoms with Crippen molar-refractivity contribution in [1.82, 2.24) is 9.97 Å². The monoisotopic (exact) mass is 262 g/mol. The minimum atomic E-state index is -0.00111. The summed E-state index contributed by atoms with van der Waals surface area (Å²) >= 11 is 1.57. The zero-order chi connectivity index (χ0) is 13.0. The average molecular weight is 262 g/mol. The highest BCUT2D eigenvalue weighted by molar-refractivity contribution is 7.98. The average Bonchev–Trinajstić information content (AvgIpc) is 2.86. The first-order valence-electron chi connectivity index (χ1n) is 5.50. The summed E-state index contributed by atoms with van der Waals surface area (Å²) in [4.78, 5) is 18.2. The number of carbonyl (C=O) groups excluding carboxylic acids is 1. The number of H-pyrrole nitrogens is 1. The van der Waals surface area contributed by atoms with Crippen LogP contribution in [-0.4, -0.2) is 22.9 Å². The lowest BCUT2D eigenvalue weighted by atomic mass is 10.2. The van der Waals surface area contributed by atoms with Crippen LogP contribution in [-0.2, 0) is 5.75 Å². The van der Waals surface area contributed by atoms with Gasteiger partial charge >= 0.3 is 0 Å². The van der Waals surface area contributed by atoms with Gasteiger partial charge in [-0.05, 0) is 17.7 Å². The van der Waals surface area contributed by atoms with E-state index in [1.165, 1.54) is 12.5 Å². The molecule has 0 atom stereocenters. The highest BCUT2D eigenvalue weighted by Crippen LogP contribution is 2.21. The first-order chi connectivity index (χ1) is 8.69. The fraction of sp³-hybridized carbons (Fsp3) is 0.231. The van der Waals surface area contributed by atoms with E-state index in [0.29, 0.717) is 5.69 Å². The Balaban J connectivity index is 1.95. The number of Topliss-reactive ketones (excluding diaryl/α,β-unsaturated/α-hetero) is 1. The number of hydrogen-bond donors (Lipinski definition) is 1. The predicted octanol–water partition coefficient (Wildman–Crippen LogP) is 2.91. The molecule has 94 valence electrons. The zero-order valence-electron chi connectivity index (χ0n) is 10.3. The first kappa shape index (κ1) is 12.7. The van der Waals surface area contributed by atoms with Crippen LogP contribution in [0.4, 0.5) is 0 Å². The van der Waals surface area contributed by atoms with Crippen LogP contribution in [0.2, 0.25) is 0 Å². The second-order valence-corrected chi connectivity index (χ2v) is 4.76. The number of methoxy groups -OCH3 is 1. The van der Waals surface area contributed by atoms with Crippen molar-refractivity contribution in [3.05, 3.63) is 41.7 Å². The fourth-order valence-corrected chi connectivity index (χ4v) is 2.23. The molecule has 5 heteroatoms. The summed E-state index contributed by atoms with van der Waals surface area (Å²) in [5.74, 6) is 1.65. The molecule has 0 bridgehead atoms. The van der Waals surface area contributed by atoms with Crippen LogP contribution in [0.15, 0.2) is 35.6 Å². The summed E-state index contributed by atoms with van der Waals surface area (Å²) < 4.78 is 5.10. The van der Waals surface area contributed by atoms with Crippen molar-refractivity contribution in [2.24, 2.45) is 0 Å². The third-order valence-corrected chi connectivity index (χ3v) is 3.42. The van der Waals surface area contributed by atoms with Crippen molar-refractivity contribution in [1.29, 1.82) is 0 Å². The van der Waals surface area contributed by atoms with Gasteiger partial charge in [-0.1, -0.05) is 23.9 Å². The number of nitrogens with one attached hydrogen (secondary N) is 1. The maximum absolute atomic E-state index is 11.1. The molecule has 1 N–H and O–H groups in total. The lowest BCUT2D eigenvalue weighted by molar-refractivity contribution is 0.101. The van der Waals surface area contributed by atoms with Crippen LogP contribution in [0.1, 0.15) is 23.0 Å². The second-order valence-electron chi connectivity index (χ2n) is 3.79. The van der Waals surface area contributed by atoms with Crippen molar-refractivity contribution in [3.8, 4) is 5.75 Å². The van der Waals surface area contributed by atoms with Gasteiger partial charge in [0.05, 0.1) is 13.3 Å². The number of aromatic nitrogens is 2. The molecular weight excluding hydrogens is 248 g/mol. The van der Waals surface area contributed by atoms with Crippen LogP contribution in [0.5, 0.6) is 5.75 Å². The maximum atomic E-state index is 11.1. The summed E-state index contributed by atoms with van der Waals surface area (Å²) in [6.45, 7) is 1.52. The molecule has 0 aliphatic heterocycles. The van der Waals surface area contributed by atoms with Gasteiger partial charge in [0.1, 0.15) is 11.4 Å². The lowest BCUT2D eigenvalue weighted by Crippen LogP contribution is -1.90. The van der Waals surface area contributed by atoms with Crippen LogP contribution in [0.3, 0.4) is 0 Å². The van der Waals surface area contributed by atoms with Crippen molar-refractivity contribution in [2.45, 2.75) is 17.8 Å². The number of hydrogen-bond acceptors (Lipinski definition) is 4. The van der Waals surface area contributed by atoms with E-state index in [1.54, 1.807) is 25.1 Å².